The van der Waals surface area contributed by atoms with Crippen LogP contribution in [-0.2, 0) is 19.5 Å². The van der Waals surface area contributed by atoms with Gasteiger partial charge in [0.25, 0.3) is 0 Å². The molecule has 0 spiro atoms. The number of rotatable bonds is 7. The first kappa shape index (κ1) is 21.4. The molecule has 5 nitrogen and oxygen atoms in total. The molecule has 0 saturated heterocycles. The van der Waals surface area contributed by atoms with E-state index in [1.54, 1.807) is 17.5 Å². The minimum absolute atomic E-state index is 0. The number of nitrogens with zero attached hydrogens (tertiary/aromatic N) is 4. The third-order valence-corrected chi connectivity index (χ3v) is 5.18. The van der Waals surface area contributed by atoms with Crippen molar-refractivity contribution in [2.24, 2.45) is 4.99 Å². The van der Waals surface area contributed by atoms with Gasteiger partial charge in [-0.05, 0) is 29.0 Å². The van der Waals surface area contributed by atoms with Crippen molar-refractivity contribution >= 4 is 41.3 Å². The van der Waals surface area contributed by atoms with Crippen LogP contribution in [0.5, 0.6) is 0 Å². The van der Waals surface area contributed by atoms with E-state index in [0.29, 0.717) is 0 Å². The van der Waals surface area contributed by atoms with Crippen molar-refractivity contribution in [1.29, 1.82) is 0 Å². The molecule has 0 aliphatic heterocycles. The van der Waals surface area contributed by atoms with Crippen LogP contribution in [0.2, 0.25) is 0 Å². The average molecular weight is 495 g/mol. The fraction of sp³-hybridized carbons (Fsp3) is 0.300. The van der Waals surface area contributed by atoms with Crippen LogP contribution in [0.1, 0.15) is 16.0 Å². The Morgan fingerprint density at radius 2 is 2.00 bits per heavy atom. The van der Waals surface area contributed by atoms with E-state index < -0.39 is 0 Å². The number of hydrogen-bond acceptors (Lipinski definition) is 3. The summed E-state index contributed by atoms with van der Waals surface area (Å²) in [5.41, 5.74) is 2.51. The molecular weight excluding hydrogens is 469 g/mol. The fourth-order valence-electron chi connectivity index (χ4n) is 2.76. The Labute approximate surface area is 182 Å². The van der Waals surface area contributed by atoms with Crippen molar-refractivity contribution in [2.45, 2.75) is 19.5 Å². The third kappa shape index (κ3) is 6.66. The predicted molar refractivity (Wildman–Crippen MR) is 124 cm³/mol. The van der Waals surface area contributed by atoms with E-state index in [2.05, 4.69) is 73.6 Å². The van der Waals surface area contributed by atoms with E-state index in [1.165, 1.54) is 16.0 Å². The quantitative estimate of drug-likeness (QED) is 0.308. The standard InChI is InChI=1S/C20H25N5S.HI/c1-21-20(24(2)11-9-19-4-3-13-26-19)23-14-17-5-7-18(8-6-17)15-25-12-10-22-16-25;/h3-8,10,12-13,16H,9,11,14-15H2,1-2H3,(H,21,23);1H. The zero-order chi connectivity index (χ0) is 18.2. The van der Waals surface area contributed by atoms with E-state index in [1.807, 2.05) is 19.6 Å². The van der Waals surface area contributed by atoms with Crippen LogP contribution in [0.25, 0.3) is 0 Å². The number of benzene rings is 1. The summed E-state index contributed by atoms with van der Waals surface area (Å²) in [6.45, 7) is 2.56. The van der Waals surface area contributed by atoms with Gasteiger partial charge in [-0.15, -0.1) is 35.3 Å². The first-order valence-electron chi connectivity index (χ1n) is 8.72. The van der Waals surface area contributed by atoms with Gasteiger partial charge in [-0.25, -0.2) is 4.98 Å². The number of imidazole rings is 1. The molecule has 27 heavy (non-hydrogen) atoms. The van der Waals surface area contributed by atoms with Gasteiger partial charge in [-0.2, -0.15) is 0 Å². The average Bonchev–Trinajstić information content (AvgIpc) is 3.35. The molecule has 0 saturated carbocycles. The zero-order valence-corrected chi connectivity index (χ0v) is 18.9. The van der Waals surface area contributed by atoms with Gasteiger partial charge in [-0.1, -0.05) is 30.3 Å². The van der Waals surface area contributed by atoms with Crippen molar-refractivity contribution < 1.29 is 0 Å². The molecule has 2 aromatic heterocycles. The zero-order valence-electron chi connectivity index (χ0n) is 15.7. The lowest BCUT2D eigenvalue weighted by Crippen LogP contribution is -2.39. The van der Waals surface area contributed by atoms with Gasteiger partial charge >= 0.3 is 0 Å². The van der Waals surface area contributed by atoms with Crippen LogP contribution in [0.3, 0.4) is 0 Å². The van der Waals surface area contributed by atoms with Crippen LogP contribution in [0.4, 0.5) is 0 Å². The second-order valence-corrected chi connectivity index (χ2v) is 7.24. The highest BCUT2D eigenvalue weighted by atomic mass is 127. The van der Waals surface area contributed by atoms with Gasteiger partial charge in [0.05, 0.1) is 6.33 Å². The lowest BCUT2D eigenvalue weighted by atomic mass is 10.1. The first-order chi connectivity index (χ1) is 12.7. The summed E-state index contributed by atoms with van der Waals surface area (Å²) in [5.74, 6) is 0.920. The maximum absolute atomic E-state index is 4.40. The van der Waals surface area contributed by atoms with Crippen LogP contribution in [0, 0.1) is 0 Å². The van der Waals surface area contributed by atoms with Gasteiger partial charge in [0.1, 0.15) is 0 Å². The molecule has 0 unspecified atom stereocenters. The van der Waals surface area contributed by atoms with Crippen LogP contribution >= 0.6 is 35.3 Å². The topological polar surface area (TPSA) is 45.5 Å². The number of guanidine groups is 1. The largest absolute Gasteiger partial charge is 0.352 e. The number of halogens is 1. The molecule has 0 radical (unpaired) electrons. The van der Waals surface area contributed by atoms with Gasteiger partial charge < -0.3 is 14.8 Å². The Bertz CT molecular complexity index is 798. The smallest absolute Gasteiger partial charge is 0.193 e. The number of hydrogen-bond donors (Lipinski definition) is 1. The summed E-state index contributed by atoms with van der Waals surface area (Å²) < 4.78 is 2.07. The molecule has 1 aromatic carbocycles. The lowest BCUT2D eigenvalue weighted by Gasteiger charge is -2.22. The summed E-state index contributed by atoms with van der Waals surface area (Å²) in [6, 6.07) is 12.9. The summed E-state index contributed by atoms with van der Waals surface area (Å²) in [7, 11) is 3.91. The maximum atomic E-state index is 4.40. The normalized spacial score (nSPS) is 11.1. The van der Waals surface area contributed by atoms with Crippen molar-refractivity contribution in [3.05, 3.63) is 76.5 Å². The molecule has 0 fully saturated rings. The number of thiophene rings is 1. The Balaban J connectivity index is 0.00000261. The summed E-state index contributed by atoms with van der Waals surface area (Å²) in [5, 5.41) is 5.57. The van der Waals surface area contributed by atoms with E-state index in [4.69, 9.17) is 0 Å². The molecule has 1 N–H and O–H groups in total. The Morgan fingerprint density at radius 3 is 2.63 bits per heavy atom. The molecule has 0 aliphatic rings. The first-order valence-corrected chi connectivity index (χ1v) is 9.60. The monoisotopic (exact) mass is 495 g/mol. The van der Waals surface area contributed by atoms with Crippen LogP contribution < -0.4 is 5.32 Å². The summed E-state index contributed by atoms with van der Waals surface area (Å²) in [4.78, 5) is 12.0. The Hall–Kier alpha value is -1.87. The molecule has 0 amide bonds. The van der Waals surface area contributed by atoms with Gasteiger partial charge in [0.15, 0.2) is 5.96 Å². The minimum atomic E-state index is 0. The summed E-state index contributed by atoms with van der Waals surface area (Å²) >= 11 is 1.80. The minimum Gasteiger partial charge on any atom is -0.352 e. The number of likely N-dealkylation sites (N-methyl/N-ethyl adjacent to an activating group) is 1. The van der Waals surface area contributed by atoms with Gasteiger partial charge in [-0.3, -0.25) is 4.99 Å². The third-order valence-electron chi connectivity index (χ3n) is 4.25. The lowest BCUT2D eigenvalue weighted by molar-refractivity contribution is 0.486. The molecular formula is C20H26IN5S. The number of aromatic nitrogens is 2. The predicted octanol–water partition coefficient (Wildman–Crippen LogP) is 3.86. The van der Waals surface area contributed by atoms with E-state index in [0.717, 1.165) is 32.0 Å². The van der Waals surface area contributed by atoms with Crippen LogP contribution in [0.15, 0.2) is 65.5 Å². The van der Waals surface area contributed by atoms with E-state index in [9.17, 15) is 0 Å². The van der Waals surface area contributed by atoms with E-state index in [-0.39, 0.29) is 24.0 Å². The Kier molecular flexibility index (Phi) is 8.80. The fourth-order valence-corrected chi connectivity index (χ4v) is 3.46. The molecule has 0 aliphatic carbocycles. The Morgan fingerprint density at radius 1 is 1.22 bits per heavy atom. The second-order valence-electron chi connectivity index (χ2n) is 6.20. The summed E-state index contributed by atoms with van der Waals surface area (Å²) in [6.07, 6.45) is 6.66. The molecule has 7 heteroatoms. The molecule has 3 aromatic rings. The van der Waals surface area contributed by atoms with Gasteiger partial charge in [0, 0.05) is 51.0 Å². The molecule has 144 valence electrons. The van der Waals surface area contributed by atoms with Gasteiger partial charge in [0.2, 0.25) is 0 Å². The highest BCUT2D eigenvalue weighted by molar-refractivity contribution is 14.0. The van der Waals surface area contributed by atoms with E-state index >= 15 is 0 Å². The molecule has 3 rings (SSSR count). The maximum Gasteiger partial charge on any atom is 0.193 e. The number of aliphatic imine (C=N–C) groups is 1. The second kappa shape index (κ2) is 11.1. The van der Waals surface area contributed by atoms with Crippen LogP contribution in [-0.4, -0.2) is 41.1 Å². The molecule has 2 heterocycles. The van der Waals surface area contributed by atoms with Crippen molar-refractivity contribution in [3.63, 3.8) is 0 Å². The molecule has 0 atom stereocenters. The highest BCUT2D eigenvalue weighted by Gasteiger charge is 2.06. The van der Waals surface area contributed by atoms with Crippen molar-refractivity contribution in [3.8, 4) is 0 Å². The molecule has 0 bridgehead atoms. The van der Waals surface area contributed by atoms with Crippen molar-refractivity contribution in [2.75, 3.05) is 20.6 Å². The highest BCUT2D eigenvalue weighted by Crippen LogP contribution is 2.10. The number of nitrogens with one attached hydrogen (secondary N) is 1. The SMILES string of the molecule is CN=C(NCc1ccc(Cn2ccnc2)cc1)N(C)CCc1cccs1.I. The van der Waals surface area contributed by atoms with Crippen molar-refractivity contribution in [1.82, 2.24) is 19.8 Å².